The van der Waals surface area contributed by atoms with Gasteiger partial charge in [0.15, 0.2) is 0 Å². The maximum absolute atomic E-state index is 11.8. The highest BCUT2D eigenvalue weighted by Crippen LogP contribution is 2.21. The maximum Gasteiger partial charge on any atom is 0.225 e. The lowest BCUT2D eigenvalue weighted by Crippen LogP contribution is -2.26. The summed E-state index contributed by atoms with van der Waals surface area (Å²) in [5, 5.41) is 12.3. The van der Waals surface area contributed by atoms with E-state index in [0.29, 0.717) is 19.5 Å². The Labute approximate surface area is 115 Å². The molecule has 0 radical (unpaired) electrons. The molecule has 1 amide bonds. The minimum Gasteiger partial charge on any atom is -0.392 e. The summed E-state index contributed by atoms with van der Waals surface area (Å²) < 4.78 is 0.884. The topological polar surface area (TPSA) is 52.6 Å². The SMILES string of the molecule is O=C(CCN1CC[C@H](O)C1)Nc1ccccc1Br. The van der Waals surface area contributed by atoms with Gasteiger partial charge in [-0.1, -0.05) is 12.1 Å². The molecule has 4 nitrogen and oxygen atoms in total. The highest BCUT2D eigenvalue weighted by molar-refractivity contribution is 9.10. The smallest absolute Gasteiger partial charge is 0.225 e. The molecule has 0 saturated carbocycles. The minimum atomic E-state index is -0.226. The van der Waals surface area contributed by atoms with Crippen LogP contribution in [-0.2, 0) is 4.79 Å². The number of carbonyl (C=O) groups is 1. The Morgan fingerprint density at radius 3 is 2.94 bits per heavy atom. The van der Waals surface area contributed by atoms with Gasteiger partial charge >= 0.3 is 0 Å². The van der Waals surface area contributed by atoms with Gasteiger partial charge in [0, 0.05) is 30.5 Å². The fraction of sp³-hybridized carbons (Fsp3) is 0.462. The standard InChI is InChI=1S/C13H17BrN2O2/c14-11-3-1-2-4-12(11)15-13(18)6-8-16-7-5-10(17)9-16/h1-4,10,17H,5-9H2,(H,15,18)/t10-/m0/s1. The number of carbonyl (C=O) groups excluding carboxylic acids is 1. The summed E-state index contributed by atoms with van der Waals surface area (Å²) in [6.07, 6.45) is 1.04. The van der Waals surface area contributed by atoms with Gasteiger partial charge in [-0.15, -0.1) is 0 Å². The number of aliphatic hydroxyl groups is 1. The number of nitrogens with zero attached hydrogens (tertiary/aromatic N) is 1. The third-order valence-electron chi connectivity index (χ3n) is 3.05. The molecule has 0 aromatic heterocycles. The van der Waals surface area contributed by atoms with Crippen LogP contribution in [0.4, 0.5) is 5.69 Å². The normalized spacial score (nSPS) is 20.0. The number of aliphatic hydroxyl groups excluding tert-OH is 1. The summed E-state index contributed by atoms with van der Waals surface area (Å²) in [6, 6.07) is 7.55. The minimum absolute atomic E-state index is 0.00305. The molecule has 18 heavy (non-hydrogen) atoms. The molecule has 0 aliphatic carbocycles. The second-order valence-electron chi connectivity index (χ2n) is 4.52. The van der Waals surface area contributed by atoms with E-state index < -0.39 is 0 Å². The lowest BCUT2D eigenvalue weighted by atomic mass is 10.3. The van der Waals surface area contributed by atoms with Gasteiger partial charge in [0.25, 0.3) is 0 Å². The van der Waals surface area contributed by atoms with Crippen molar-refractivity contribution < 1.29 is 9.90 Å². The molecule has 1 aliphatic heterocycles. The van der Waals surface area contributed by atoms with Crippen molar-refractivity contribution in [3.63, 3.8) is 0 Å². The van der Waals surface area contributed by atoms with Gasteiger partial charge in [-0.25, -0.2) is 0 Å². The van der Waals surface area contributed by atoms with Crippen molar-refractivity contribution in [2.45, 2.75) is 18.9 Å². The summed E-state index contributed by atoms with van der Waals surface area (Å²) >= 11 is 3.39. The summed E-state index contributed by atoms with van der Waals surface area (Å²) in [5.41, 5.74) is 0.795. The molecule has 1 aliphatic rings. The van der Waals surface area contributed by atoms with Crippen LogP contribution in [0.5, 0.6) is 0 Å². The highest BCUT2D eigenvalue weighted by Gasteiger charge is 2.20. The van der Waals surface area contributed by atoms with Crippen LogP contribution in [0, 0.1) is 0 Å². The van der Waals surface area contributed by atoms with Crippen molar-refractivity contribution in [1.82, 2.24) is 4.90 Å². The van der Waals surface area contributed by atoms with Crippen LogP contribution in [-0.4, -0.2) is 41.7 Å². The Morgan fingerprint density at radius 2 is 2.28 bits per heavy atom. The van der Waals surface area contributed by atoms with Gasteiger partial charge in [-0.05, 0) is 34.5 Å². The number of likely N-dealkylation sites (tertiary alicyclic amines) is 1. The molecule has 98 valence electrons. The molecule has 1 aromatic rings. The number of para-hydroxylation sites is 1. The van der Waals surface area contributed by atoms with Gasteiger partial charge in [-0.2, -0.15) is 0 Å². The third-order valence-corrected chi connectivity index (χ3v) is 3.74. The molecule has 2 N–H and O–H groups in total. The molecule has 1 fully saturated rings. The number of nitrogens with one attached hydrogen (secondary N) is 1. The van der Waals surface area contributed by atoms with E-state index in [1.165, 1.54) is 0 Å². The maximum atomic E-state index is 11.8. The molecule has 0 spiro atoms. The van der Waals surface area contributed by atoms with E-state index in [1.807, 2.05) is 24.3 Å². The number of benzene rings is 1. The van der Waals surface area contributed by atoms with E-state index >= 15 is 0 Å². The zero-order valence-electron chi connectivity index (χ0n) is 10.1. The van der Waals surface area contributed by atoms with Crippen LogP contribution in [0.15, 0.2) is 28.7 Å². The molecular formula is C13H17BrN2O2. The van der Waals surface area contributed by atoms with Gasteiger partial charge in [0.05, 0.1) is 11.8 Å². The van der Waals surface area contributed by atoms with Crippen molar-refractivity contribution in [3.8, 4) is 0 Å². The van der Waals surface area contributed by atoms with E-state index in [1.54, 1.807) is 0 Å². The molecule has 1 atom stereocenters. The lowest BCUT2D eigenvalue weighted by Gasteiger charge is -2.14. The molecule has 1 aromatic carbocycles. The Bertz CT molecular complexity index is 425. The number of rotatable bonds is 4. The molecule has 0 bridgehead atoms. The van der Waals surface area contributed by atoms with E-state index in [2.05, 4.69) is 26.1 Å². The second kappa shape index (κ2) is 6.31. The van der Waals surface area contributed by atoms with Gasteiger partial charge in [0.1, 0.15) is 0 Å². The quantitative estimate of drug-likeness (QED) is 0.892. The molecule has 2 rings (SSSR count). The van der Waals surface area contributed by atoms with Crippen LogP contribution >= 0.6 is 15.9 Å². The molecule has 1 heterocycles. The van der Waals surface area contributed by atoms with Gasteiger partial charge in [0.2, 0.25) is 5.91 Å². The summed E-state index contributed by atoms with van der Waals surface area (Å²) in [5.74, 6) is 0.00305. The molecule has 5 heteroatoms. The van der Waals surface area contributed by atoms with E-state index in [9.17, 15) is 9.90 Å². The zero-order chi connectivity index (χ0) is 13.0. The zero-order valence-corrected chi connectivity index (χ0v) is 11.7. The first kappa shape index (κ1) is 13.5. The summed E-state index contributed by atoms with van der Waals surface area (Å²) in [7, 11) is 0. The van der Waals surface area contributed by atoms with Gasteiger partial charge in [-0.3, -0.25) is 4.79 Å². The first-order valence-electron chi connectivity index (χ1n) is 6.10. The number of amides is 1. The van der Waals surface area contributed by atoms with Crippen molar-refractivity contribution in [2.75, 3.05) is 25.0 Å². The lowest BCUT2D eigenvalue weighted by molar-refractivity contribution is -0.116. The van der Waals surface area contributed by atoms with Crippen molar-refractivity contribution in [2.24, 2.45) is 0 Å². The van der Waals surface area contributed by atoms with Crippen molar-refractivity contribution in [3.05, 3.63) is 28.7 Å². The monoisotopic (exact) mass is 312 g/mol. The number of β-amino-alcohol motifs (C(OH)–C–C–N with tert-alkyl or cyclic N) is 1. The highest BCUT2D eigenvalue weighted by atomic mass is 79.9. The number of hydrogen-bond acceptors (Lipinski definition) is 3. The average molecular weight is 313 g/mol. The van der Waals surface area contributed by atoms with E-state index in [4.69, 9.17) is 0 Å². The summed E-state index contributed by atoms with van der Waals surface area (Å²) in [6.45, 7) is 2.26. The van der Waals surface area contributed by atoms with Crippen molar-refractivity contribution in [1.29, 1.82) is 0 Å². The molecular weight excluding hydrogens is 296 g/mol. The fourth-order valence-electron chi connectivity index (χ4n) is 2.05. The predicted octanol–water partition coefficient (Wildman–Crippen LogP) is 1.84. The number of anilines is 1. The van der Waals surface area contributed by atoms with E-state index in [-0.39, 0.29) is 12.0 Å². The Hall–Kier alpha value is -0.910. The number of halogens is 1. The Kier molecular flexibility index (Phi) is 4.74. The van der Waals surface area contributed by atoms with Crippen LogP contribution in [0.2, 0.25) is 0 Å². The van der Waals surface area contributed by atoms with Crippen molar-refractivity contribution >= 4 is 27.5 Å². The molecule has 0 unspecified atom stereocenters. The van der Waals surface area contributed by atoms with Crippen LogP contribution < -0.4 is 5.32 Å². The third kappa shape index (κ3) is 3.80. The Morgan fingerprint density at radius 1 is 1.50 bits per heavy atom. The Balaban J connectivity index is 1.77. The largest absolute Gasteiger partial charge is 0.392 e. The van der Waals surface area contributed by atoms with Crippen LogP contribution in [0.3, 0.4) is 0 Å². The first-order chi connectivity index (χ1) is 8.65. The first-order valence-corrected chi connectivity index (χ1v) is 6.89. The predicted molar refractivity (Wildman–Crippen MR) is 74.5 cm³/mol. The van der Waals surface area contributed by atoms with Crippen LogP contribution in [0.25, 0.3) is 0 Å². The number of hydrogen-bond donors (Lipinski definition) is 2. The average Bonchev–Trinajstić information content (AvgIpc) is 2.76. The van der Waals surface area contributed by atoms with E-state index in [0.717, 1.165) is 23.1 Å². The van der Waals surface area contributed by atoms with Gasteiger partial charge < -0.3 is 15.3 Å². The second-order valence-corrected chi connectivity index (χ2v) is 5.38. The fourth-order valence-corrected chi connectivity index (χ4v) is 2.43. The molecule has 1 saturated heterocycles. The summed E-state index contributed by atoms with van der Waals surface area (Å²) in [4.78, 5) is 13.9. The van der Waals surface area contributed by atoms with Crippen LogP contribution in [0.1, 0.15) is 12.8 Å².